The summed E-state index contributed by atoms with van der Waals surface area (Å²) in [5.41, 5.74) is -0.589. The maximum Gasteiger partial charge on any atom is 0.540 e. The van der Waals surface area contributed by atoms with Gasteiger partial charge in [0.05, 0.1) is 13.2 Å². The Balaban J connectivity index is 3.37. The van der Waals surface area contributed by atoms with Gasteiger partial charge in [0.2, 0.25) is 0 Å². The molecule has 0 heterocycles. The minimum atomic E-state index is -1.32. The molecule has 0 aromatic carbocycles. The predicted octanol–water partition coefficient (Wildman–Crippen LogP) is 2.34. The van der Waals surface area contributed by atoms with Gasteiger partial charge in [-0.05, 0) is 33.6 Å². The highest BCUT2D eigenvalue weighted by atomic mass is 17.2. The zero-order valence-electron chi connectivity index (χ0n) is 10.2. The maximum absolute atomic E-state index is 10.9. The second-order valence-electron chi connectivity index (χ2n) is 4.20. The van der Waals surface area contributed by atoms with Crippen molar-refractivity contribution in [1.29, 1.82) is 0 Å². The lowest BCUT2D eigenvalue weighted by Crippen LogP contribution is -2.22. The van der Waals surface area contributed by atoms with Crippen LogP contribution in [0.1, 0.15) is 33.6 Å². The summed E-state index contributed by atoms with van der Waals surface area (Å²) in [4.78, 5) is 30.0. The summed E-state index contributed by atoms with van der Waals surface area (Å²) in [5.74, 6) is 0. The summed E-state index contributed by atoms with van der Waals surface area (Å²) in [5, 5.41) is 8.16. The number of hydrogen-bond acceptors (Lipinski definition) is 6. The number of carbonyl (C=O) groups is 2. The third-order valence-corrected chi connectivity index (χ3v) is 1.34. The second-order valence-corrected chi connectivity index (χ2v) is 4.20. The lowest BCUT2D eigenvalue weighted by Gasteiger charge is -2.16. The van der Waals surface area contributed by atoms with Gasteiger partial charge in [0.15, 0.2) is 0 Å². The van der Waals surface area contributed by atoms with Crippen molar-refractivity contribution in [2.45, 2.75) is 39.2 Å². The van der Waals surface area contributed by atoms with E-state index in [-0.39, 0.29) is 13.2 Å². The molecule has 0 aromatic heterocycles. The van der Waals surface area contributed by atoms with Crippen molar-refractivity contribution in [3.8, 4) is 0 Å². The Bertz CT molecular complexity index is 244. The van der Waals surface area contributed by atoms with Gasteiger partial charge in [-0.1, -0.05) is 0 Å². The smallest absolute Gasteiger partial charge is 0.450 e. The normalized spacial score (nSPS) is 10.8. The lowest BCUT2D eigenvalue weighted by molar-refractivity contribution is -0.312. The molecule has 100 valence electrons. The highest BCUT2D eigenvalue weighted by molar-refractivity contribution is 5.58. The average molecular weight is 250 g/mol. The first kappa shape index (κ1) is 15.5. The van der Waals surface area contributed by atoms with Crippen molar-refractivity contribution >= 4 is 12.3 Å². The summed E-state index contributed by atoms with van der Waals surface area (Å²) >= 11 is 0. The second kappa shape index (κ2) is 7.72. The Morgan fingerprint density at radius 3 is 2.06 bits per heavy atom. The molecule has 17 heavy (non-hydrogen) atoms. The number of hydrogen-bond donors (Lipinski definition) is 1. The number of carbonyl (C=O) groups excluding carboxylic acids is 1. The molecule has 0 atom stereocenters. The molecule has 7 heteroatoms. The molecule has 0 amide bonds. The van der Waals surface area contributed by atoms with E-state index in [2.05, 4.69) is 14.4 Å². The zero-order valence-corrected chi connectivity index (χ0v) is 10.2. The molecule has 0 rings (SSSR count). The summed E-state index contributed by atoms with van der Waals surface area (Å²) in [6.45, 7) is 5.37. The average Bonchev–Trinajstić information content (AvgIpc) is 2.19. The fourth-order valence-electron chi connectivity index (χ4n) is 0.702. The molecule has 0 bridgehead atoms. The van der Waals surface area contributed by atoms with Gasteiger partial charge in [-0.2, -0.15) is 4.89 Å². The van der Waals surface area contributed by atoms with Crippen LogP contribution in [0.3, 0.4) is 0 Å². The van der Waals surface area contributed by atoms with E-state index in [1.165, 1.54) is 0 Å². The quantitative estimate of drug-likeness (QED) is 0.335. The fourth-order valence-corrected chi connectivity index (χ4v) is 0.702. The van der Waals surface area contributed by atoms with Crippen LogP contribution in [0.25, 0.3) is 0 Å². The van der Waals surface area contributed by atoms with Crippen LogP contribution in [0.4, 0.5) is 9.59 Å². The van der Waals surface area contributed by atoms with E-state index in [0.717, 1.165) is 0 Å². The van der Waals surface area contributed by atoms with Gasteiger partial charge in [-0.25, -0.2) is 9.59 Å². The fraction of sp³-hybridized carbons (Fsp3) is 0.800. The van der Waals surface area contributed by atoms with E-state index in [9.17, 15) is 9.59 Å². The van der Waals surface area contributed by atoms with Crippen molar-refractivity contribution in [2.24, 2.45) is 0 Å². The van der Waals surface area contributed by atoms with Gasteiger partial charge >= 0.3 is 12.3 Å². The first-order chi connectivity index (χ1) is 7.81. The molecule has 0 radical (unpaired) electrons. The SMILES string of the molecule is CC(C)(C)OOC(=O)OCCCCOC(=O)O. The molecule has 1 N–H and O–H groups in total. The molecule has 0 aliphatic carbocycles. The number of rotatable bonds is 6. The van der Waals surface area contributed by atoms with Crippen LogP contribution in [0.15, 0.2) is 0 Å². The van der Waals surface area contributed by atoms with Gasteiger partial charge in [0.1, 0.15) is 5.60 Å². The minimum absolute atomic E-state index is 0.0756. The summed E-state index contributed by atoms with van der Waals surface area (Å²) < 4.78 is 8.92. The van der Waals surface area contributed by atoms with Crippen LogP contribution in [-0.2, 0) is 19.2 Å². The van der Waals surface area contributed by atoms with Crippen molar-refractivity contribution in [2.75, 3.05) is 13.2 Å². The van der Waals surface area contributed by atoms with Crippen LogP contribution >= 0.6 is 0 Å². The van der Waals surface area contributed by atoms with Crippen LogP contribution in [0.2, 0.25) is 0 Å². The van der Waals surface area contributed by atoms with Crippen molar-refractivity contribution in [3.63, 3.8) is 0 Å². The van der Waals surface area contributed by atoms with E-state index in [0.29, 0.717) is 12.8 Å². The minimum Gasteiger partial charge on any atom is -0.450 e. The largest absolute Gasteiger partial charge is 0.540 e. The van der Waals surface area contributed by atoms with Gasteiger partial charge in [-0.3, -0.25) is 4.89 Å². The lowest BCUT2D eigenvalue weighted by atomic mass is 10.2. The number of carboxylic acid groups (broad SMARTS) is 1. The van der Waals surface area contributed by atoms with E-state index < -0.39 is 17.9 Å². The number of unbranched alkanes of at least 4 members (excludes halogenated alkanes) is 1. The zero-order chi connectivity index (χ0) is 13.3. The molecular weight excluding hydrogens is 232 g/mol. The molecule has 0 fully saturated rings. The summed E-state index contributed by atoms with van der Waals surface area (Å²) in [6.07, 6.45) is -1.28. The summed E-state index contributed by atoms with van der Waals surface area (Å²) in [6, 6.07) is 0. The van der Waals surface area contributed by atoms with Crippen molar-refractivity contribution in [1.82, 2.24) is 0 Å². The van der Waals surface area contributed by atoms with Gasteiger partial charge in [0, 0.05) is 0 Å². The van der Waals surface area contributed by atoms with Crippen LogP contribution in [0.5, 0.6) is 0 Å². The molecule has 0 aliphatic rings. The van der Waals surface area contributed by atoms with Crippen molar-refractivity contribution in [3.05, 3.63) is 0 Å². The Morgan fingerprint density at radius 2 is 1.59 bits per heavy atom. The highest BCUT2D eigenvalue weighted by Crippen LogP contribution is 2.07. The summed E-state index contributed by atoms with van der Waals surface area (Å²) in [7, 11) is 0. The van der Waals surface area contributed by atoms with E-state index in [1.807, 2.05) is 0 Å². The first-order valence-electron chi connectivity index (χ1n) is 5.19. The molecule has 7 nitrogen and oxygen atoms in total. The molecule has 0 aromatic rings. The standard InChI is InChI=1S/C10H18O7/c1-10(2,3)17-16-9(13)15-7-5-4-6-14-8(11)12/h4-7H2,1-3H3,(H,11,12). The molecule has 0 saturated carbocycles. The van der Waals surface area contributed by atoms with Crippen LogP contribution in [-0.4, -0.2) is 36.2 Å². The van der Waals surface area contributed by atoms with Crippen LogP contribution < -0.4 is 0 Å². The third kappa shape index (κ3) is 12.4. The molecule has 0 aliphatic heterocycles. The Labute approximate surface area is 99.5 Å². The molecule has 0 saturated heterocycles. The molecular formula is C10H18O7. The molecule has 0 unspecified atom stereocenters. The predicted molar refractivity (Wildman–Crippen MR) is 56.5 cm³/mol. The molecule has 0 spiro atoms. The van der Waals surface area contributed by atoms with Crippen LogP contribution in [0, 0.1) is 0 Å². The first-order valence-corrected chi connectivity index (χ1v) is 5.19. The van der Waals surface area contributed by atoms with Gasteiger partial charge in [-0.15, -0.1) is 0 Å². The van der Waals surface area contributed by atoms with E-state index in [1.54, 1.807) is 20.8 Å². The maximum atomic E-state index is 10.9. The van der Waals surface area contributed by atoms with E-state index >= 15 is 0 Å². The Kier molecular flexibility index (Phi) is 7.04. The monoisotopic (exact) mass is 250 g/mol. The highest BCUT2D eigenvalue weighted by Gasteiger charge is 2.15. The topological polar surface area (TPSA) is 91.3 Å². The Morgan fingerprint density at radius 1 is 1.06 bits per heavy atom. The van der Waals surface area contributed by atoms with E-state index in [4.69, 9.17) is 9.99 Å². The number of ether oxygens (including phenoxy) is 2. The third-order valence-electron chi connectivity index (χ3n) is 1.34. The van der Waals surface area contributed by atoms with Crippen molar-refractivity contribution < 1.29 is 33.9 Å². The van der Waals surface area contributed by atoms with Gasteiger partial charge in [0.25, 0.3) is 0 Å². The van der Waals surface area contributed by atoms with Gasteiger partial charge < -0.3 is 14.6 Å². The Hall–Kier alpha value is -1.50.